The lowest BCUT2D eigenvalue weighted by atomic mass is 9.46. The lowest BCUT2D eigenvalue weighted by Crippen LogP contribution is -2.59. The van der Waals surface area contributed by atoms with Crippen LogP contribution in [0.3, 0.4) is 0 Å². The van der Waals surface area contributed by atoms with Gasteiger partial charge in [-0.25, -0.2) is 0 Å². The van der Waals surface area contributed by atoms with Crippen molar-refractivity contribution in [3.8, 4) is 0 Å². The van der Waals surface area contributed by atoms with E-state index in [0.29, 0.717) is 5.41 Å². The molecule has 0 aromatic heterocycles. The molecular formula is C23H34O3. The maximum atomic E-state index is 11.4. The predicted octanol–water partition coefficient (Wildman–Crippen LogP) is 5.04. The van der Waals surface area contributed by atoms with Gasteiger partial charge in [-0.1, -0.05) is 18.6 Å². The molecule has 3 heteroatoms. The molecule has 1 aliphatic heterocycles. The molecule has 5 rings (SSSR count). The largest absolute Gasteiger partial charge is 0.462 e. The van der Waals surface area contributed by atoms with Crippen LogP contribution < -0.4 is 0 Å². The van der Waals surface area contributed by atoms with Crippen LogP contribution in [0.1, 0.15) is 78.1 Å². The van der Waals surface area contributed by atoms with Crippen LogP contribution in [0, 0.1) is 29.1 Å². The zero-order valence-electron chi connectivity index (χ0n) is 16.5. The summed E-state index contributed by atoms with van der Waals surface area (Å²) in [4.78, 5) is 11.4. The van der Waals surface area contributed by atoms with Crippen molar-refractivity contribution in [2.45, 2.75) is 89.8 Å². The number of carbonyl (C=O) groups excluding carboxylic acids is 1. The first-order valence-electron chi connectivity index (χ1n) is 11.0. The lowest BCUT2D eigenvalue weighted by molar-refractivity contribution is -0.206. The quantitative estimate of drug-likeness (QED) is 0.486. The molecule has 1 saturated heterocycles. The highest BCUT2D eigenvalue weighted by Gasteiger charge is 2.59. The van der Waals surface area contributed by atoms with E-state index in [1.54, 1.807) is 12.5 Å². The first kappa shape index (κ1) is 17.3. The summed E-state index contributed by atoms with van der Waals surface area (Å²) >= 11 is 0. The number of hydrogen-bond acceptors (Lipinski definition) is 3. The molecule has 3 saturated carbocycles. The number of esters is 1. The molecule has 4 aliphatic carbocycles. The van der Waals surface area contributed by atoms with E-state index in [2.05, 4.69) is 13.0 Å². The van der Waals surface area contributed by atoms with Gasteiger partial charge in [0.25, 0.3) is 0 Å². The molecule has 144 valence electrons. The summed E-state index contributed by atoms with van der Waals surface area (Å²) in [5.74, 6) is 3.19. The Morgan fingerprint density at radius 3 is 2.88 bits per heavy atom. The Bertz CT molecular complexity index is 625. The Morgan fingerprint density at radius 2 is 2.04 bits per heavy atom. The summed E-state index contributed by atoms with van der Waals surface area (Å²) in [6.45, 7) is 5.06. The second-order valence-electron chi connectivity index (χ2n) is 10.1. The first-order valence-corrected chi connectivity index (χ1v) is 11.0. The second kappa shape index (κ2) is 6.09. The van der Waals surface area contributed by atoms with Gasteiger partial charge in [-0.2, -0.15) is 0 Å². The number of allylic oxidation sites excluding steroid dienone is 1. The van der Waals surface area contributed by atoms with Crippen molar-refractivity contribution in [1.29, 1.82) is 0 Å². The highest BCUT2D eigenvalue weighted by Crippen LogP contribution is 2.63. The van der Waals surface area contributed by atoms with Crippen molar-refractivity contribution in [3.63, 3.8) is 0 Å². The number of hydrogen-bond donors (Lipinski definition) is 0. The highest BCUT2D eigenvalue weighted by molar-refractivity contribution is 5.66. The predicted molar refractivity (Wildman–Crippen MR) is 101 cm³/mol. The number of ether oxygens (including phenoxy) is 2. The van der Waals surface area contributed by atoms with Crippen LogP contribution in [0.25, 0.3) is 0 Å². The van der Waals surface area contributed by atoms with E-state index in [1.165, 1.54) is 51.4 Å². The smallest absolute Gasteiger partial charge is 0.302 e. The second-order valence-corrected chi connectivity index (χ2v) is 10.1. The minimum absolute atomic E-state index is 0.107. The van der Waals surface area contributed by atoms with Gasteiger partial charge in [0, 0.05) is 20.0 Å². The van der Waals surface area contributed by atoms with Crippen molar-refractivity contribution in [2.24, 2.45) is 29.1 Å². The Hall–Kier alpha value is -0.830. The minimum atomic E-state index is -0.126. The van der Waals surface area contributed by atoms with Gasteiger partial charge in [-0.15, -0.1) is 0 Å². The van der Waals surface area contributed by atoms with Gasteiger partial charge in [0.2, 0.25) is 0 Å². The molecule has 0 aromatic rings. The van der Waals surface area contributed by atoms with Crippen molar-refractivity contribution >= 4 is 5.97 Å². The molecule has 4 fully saturated rings. The van der Waals surface area contributed by atoms with Crippen LogP contribution in [0.4, 0.5) is 0 Å². The topological polar surface area (TPSA) is 35.5 Å². The summed E-state index contributed by atoms with van der Waals surface area (Å²) in [6, 6.07) is 0. The zero-order chi connectivity index (χ0) is 17.9. The van der Waals surface area contributed by atoms with E-state index < -0.39 is 0 Å². The molecule has 7 atom stereocenters. The van der Waals surface area contributed by atoms with Crippen LogP contribution in [0.2, 0.25) is 0 Å². The van der Waals surface area contributed by atoms with Gasteiger partial charge in [-0.05, 0) is 86.9 Å². The fraction of sp³-hybridized carbons (Fsp3) is 0.870. The molecule has 0 N–H and O–H groups in total. The third-order valence-corrected chi connectivity index (χ3v) is 8.98. The molecule has 0 aromatic carbocycles. The monoisotopic (exact) mass is 358 g/mol. The third-order valence-electron chi connectivity index (χ3n) is 8.98. The van der Waals surface area contributed by atoms with E-state index in [4.69, 9.17) is 9.47 Å². The molecule has 1 unspecified atom stereocenters. The first-order chi connectivity index (χ1) is 12.5. The van der Waals surface area contributed by atoms with E-state index in [9.17, 15) is 4.79 Å². The Kier molecular flexibility index (Phi) is 4.05. The van der Waals surface area contributed by atoms with Gasteiger partial charge >= 0.3 is 5.97 Å². The molecule has 3 nitrogen and oxygen atoms in total. The van der Waals surface area contributed by atoms with Crippen LogP contribution >= 0.6 is 0 Å². The SMILES string of the molecule is CC(=O)O[C@H]1CC[C@@]2(C)C(=CC[C@H]3[C@@H]4CCC5CCO[C@]4(CC[C@@H]32)C5)C1. The molecule has 0 amide bonds. The van der Waals surface area contributed by atoms with E-state index in [0.717, 1.165) is 43.1 Å². The lowest BCUT2D eigenvalue weighted by Gasteiger charge is -2.62. The number of rotatable bonds is 1. The molecule has 2 bridgehead atoms. The summed E-state index contributed by atoms with van der Waals surface area (Å²) in [5, 5.41) is 0. The van der Waals surface area contributed by atoms with Crippen molar-refractivity contribution in [1.82, 2.24) is 0 Å². The standard InChI is InChI=1S/C23H34O3/c1-15(24)26-18-7-10-22(2)17(13-18)4-5-19-20(22)8-11-23-14-16(9-12-25-23)3-6-21(19)23/h4,16,18-21H,3,5-14H2,1-2H3/t16?,18-,19+,20-,21-,22-,23+/m0/s1. The van der Waals surface area contributed by atoms with Gasteiger partial charge in [-0.3, -0.25) is 4.79 Å². The number of fused-ring (bicyclic) bond motifs is 5. The number of carbonyl (C=O) groups is 1. The maximum Gasteiger partial charge on any atom is 0.302 e. The van der Waals surface area contributed by atoms with E-state index in [-0.39, 0.29) is 17.7 Å². The van der Waals surface area contributed by atoms with E-state index >= 15 is 0 Å². The third kappa shape index (κ3) is 2.52. The summed E-state index contributed by atoms with van der Waals surface area (Å²) in [5.41, 5.74) is 2.14. The van der Waals surface area contributed by atoms with Crippen molar-refractivity contribution < 1.29 is 14.3 Å². The average Bonchev–Trinajstić information content (AvgIpc) is 2.60. The molecule has 1 heterocycles. The van der Waals surface area contributed by atoms with Crippen molar-refractivity contribution in [2.75, 3.05) is 6.61 Å². The Morgan fingerprint density at radius 1 is 1.15 bits per heavy atom. The van der Waals surface area contributed by atoms with Crippen LogP contribution in [-0.2, 0) is 14.3 Å². The van der Waals surface area contributed by atoms with Crippen LogP contribution in [-0.4, -0.2) is 24.3 Å². The summed E-state index contributed by atoms with van der Waals surface area (Å²) in [6.07, 6.45) is 15.1. The van der Waals surface area contributed by atoms with Gasteiger partial charge in [0.1, 0.15) is 6.10 Å². The Balaban J connectivity index is 1.40. The van der Waals surface area contributed by atoms with Gasteiger partial charge in [0.15, 0.2) is 0 Å². The van der Waals surface area contributed by atoms with E-state index in [1.807, 2.05) is 0 Å². The Labute approximate surface area is 157 Å². The van der Waals surface area contributed by atoms with Crippen molar-refractivity contribution in [3.05, 3.63) is 11.6 Å². The van der Waals surface area contributed by atoms with Gasteiger partial charge in [0.05, 0.1) is 5.60 Å². The minimum Gasteiger partial charge on any atom is -0.462 e. The fourth-order valence-corrected chi connectivity index (χ4v) is 7.79. The molecular weight excluding hydrogens is 324 g/mol. The van der Waals surface area contributed by atoms with Crippen LogP contribution in [0.5, 0.6) is 0 Å². The molecule has 5 aliphatic rings. The molecule has 0 radical (unpaired) electrons. The molecule has 26 heavy (non-hydrogen) atoms. The molecule has 1 spiro atoms. The van der Waals surface area contributed by atoms with Crippen LogP contribution in [0.15, 0.2) is 11.6 Å². The highest BCUT2D eigenvalue weighted by atomic mass is 16.5. The summed E-state index contributed by atoms with van der Waals surface area (Å²) < 4.78 is 12.1. The zero-order valence-corrected chi connectivity index (χ0v) is 16.5. The summed E-state index contributed by atoms with van der Waals surface area (Å²) in [7, 11) is 0. The average molecular weight is 359 g/mol. The maximum absolute atomic E-state index is 11.4. The fourth-order valence-electron chi connectivity index (χ4n) is 7.79. The normalized spacial score (nSPS) is 49.9. The van der Waals surface area contributed by atoms with Gasteiger partial charge < -0.3 is 9.47 Å².